The SMILES string of the molecule is CNS(=O)(=O)c1ccc(CCC(=O)N(CCc2ccccc2)Cc2ccc(C)s2)cc1. The number of sulfonamides is 1. The normalized spacial score (nSPS) is 11.4. The van der Waals surface area contributed by atoms with Crippen LogP contribution in [0.3, 0.4) is 0 Å². The molecule has 31 heavy (non-hydrogen) atoms. The molecule has 3 aromatic rings. The van der Waals surface area contributed by atoms with Crippen molar-refractivity contribution in [1.82, 2.24) is 9.62 Å². The van der Waals surface area contributed by atoms with Gasteiger partial charge in [-0.3, -0.25) is 4.79 Å². The van der Waals surface area contributed by atoms with E-state index in [1.165, 1.54) is 22.4 Å². The third-order valence-electron chi connectivity index (χ3n) is 5.14. The van der Waals surface area contributed by atoms with Crippen LogP contribution in [0.2, 0.25) is 0 Å². The molecular formula is C24H28N2O3S2. The Morgan fingerprint density at radius 2 is 1.61 bits per heavy atom. The largest absolute Gasteiger partial charge is 0.337 e. The lowest BCUT2D eigenvalue weighted by atomic mass is 10.1. The number of aryl methyl sites for hydroxylation is 2. The van der Waals surface area contributed by atoms with Gasteiger partial charge in [0.25, 0.3) is 0 Å². The zero-order valence-electron chi connectivity index (χ0n) is 17.9. The fourth-order valence-electron chi connectivity index (χ4n) is 3.32. The van der Waals surface area contributed by atoms with E-state index in [9.17, 15) is 13.2 Å². The molecule has 0 radical (unpaired) electrons. The van der Waals surface area contributed by atoms with E-state index in [4.69, 9.17) is 0 Å². The van der Waals surface area contributed by atoms with Crippen molar-refractivity contribution in [3.8, 4) is 0 Å². The second kappa shape index (κ2) is 10.7. The van der Waals surface area contributed by atoms with Gasteiger partial charge in [0.15, 0.2) is 0 Å². The quantitative estimate of drug-likeness (QED) is 0.498. The highest BCUT2D eigenvalue weighted by molar-refractivity contribution is 7.89. The summed E-state index contributed by atoms with van der Waals surface area (Å²) in [6.07, 6.45) is 1.77. The topological polar surface area (TPSA) is 66.5 Å². The highest BCUT2D eigenvalue weighted by atomic mass is 32.2. The highest BCUT2D eigenvalue weighted by Crippen LogP contribution is 2.19. The summed E-state index contributed by atoms with van der Waals surface area (Å²) in [6.45, 7) is 3.35. The van der Waals surface area contributed by atoms with Crippen molar-refractivity contribution >= 4 is 27.3 Å². The van der Waals surface area contributed by atoms with Gasteiger partial charge in [-0.25, -0.2) is 13.1 Å². The molecule has 1 amide bonds. The molecule has 0 saturated carbocycles. The van der Waals surface area contributed by atoms with Gasteiger partial charge in [-0.15, -0.1) is 11.3 Å². The van der Waals surface area contributed by atoms with E-state index in [1.807, 2.05) is 23.1 Å². The summed E-state index contributed by atoms with van der Waals surface area (Å²) in [5, 5.41) is 0. The molecule has 0 aliphatic carbocycles. The van der Waals surface area contributed by atoms with Crippen LogP contribution >= 0.6 is 11.3 Å². The van der Waals surface area contributed by atoms with Gasteiger partial charge in [-0.1, -0.05) is 42.5 Å². The molecule has 7 heteroatoms. The van der Waals surface area contributed by atoms with Crippen LogP contribution in [0.4, 0.5) is 0 Å². The molecule has 0 unspecified atom stereocenters. The number of carbonyl (C=O) groups is 1. The summed E-state index contributed by atoms with van der Waals surface area (Å²) in [5.41, 5.74) is 2.15. The Balaban J connectivity index is 1.64. The third-order valence-corrected chi connectivity index (χ3v) is 7.55. The van der Waals surface area contributed by atoms with Crippen LogP contribution in [-0.2, 0) is 34.2 Å². The lowest BCUT2D eigenvalue weighted by Crippen LogP contribution is -2.32. The first-order valence-corrected chi connectivity index (χ1v) is 12.6. The molecule has 0 atom stereocenters. The second-order valence-electron chi connectivity index (χ2n) is 7.41. The molecule has 0 fully saturated rings. The number of hydrogen-bond donors (Lipinski definition) is 1. The number of amides is 1. The van der Waals surface area contributed by atoms with Crippen LogP contribution in [-0.4, -0.2) is 32.8 Å². The molecule has 0 bridgehead atoms. The summed E-state index contributed by atoms with van der Waals surface area (Å²) in [7, 11) is -2.06. The van der Waals surface area contributed by atoms with Crippen LogP contribution in [0.15, 0.2) is 71.6 Å². The highest BCUT2D eigenvalue weighted by Gasteiger charge is 2.16. The van der Waals surface area contributed by atoms with Gasteiger partial charge in [0.1, 0.15) is 0 Å². The number of nitrogens with zero attached hydrogens (tertiary/aromatic N) is 1. The monoisotopic (exact) mass is 456 g/mol. The molecule has 3 rings (SSSR count). The Bertz CT molecular complexity index is 1090. The average molecular weight is 457 g/mol. The number of benzene rings is 2. The van der Waals surface area contributed by atoms with Crippen molar-refractivity contribution in [1.29, 1.82) is 0 Å². The van der Waals surface area contributed by atoms with Crippen molar-refractivity contribution in [2.45, 2.75) is 37.6 Å². The van der Waals surface area contributed by atoms with E-state index in [2.05, 4.69) is 35.9 Å². The Kier molecular flexibility index (Phi) is 8.01. The lowest BCUT2D eigenvalue weighted by molar-refractivity contribution is -0.131. The Labute approximate surface area is 188 Å². The molecule has 0 saturated heterocycles. The van der Waals surface area contributed by atoms with Crippen molar-refractivity contribution in [2.24, 2.45) is 0 Å². The van der Waals surface area contributed by atoms with E-state index in [-0.39, 0.29) is 10.8 Å². The molecule has 1 heterocycles. The van der Waals surface area contributed by atoms with Crippen LogP contribution in [0.5, 0.6) is 0 Å². The summed E-state index contributed by atoms with van der Waals surface area (Å²) < 4.78 is 26.0. The zero-order valence-corrected chi connectivity index (χ0v) is 19.5. The Morgan fingerprint density at radius 1 is 0.935 bits per heavy atom. The standard InChI is InChI=1S/C24H28N2O3S2/c1-19-8-12-22(30-19)18-26(17-16-20-6-4-3-5-7-20)24(27)15-11-21-9-13-23(14-10-21)31(28,29)25-2/h3-10,12-14,25H,11,15-18H2,1-2H3. The van der Waals surface area contributed by atoms with Crippen molar-refractivity contribution in [3.63, 3.8) is 0 Å². The summed E-state index contributed by atoms with van der Waals surface area (Å²) in [4.78, 5) is 17.6. The minimum atomic E-state index is -3.45. The van der Waals surface area contributed by atoms with E-state index >= 15 is 0 Å². The molecule has 0 aliphatic rings. The first kappa shape index (κ1) is 23.2. The third kappa shape index (κ3) is 6.75. The summed E-state index contributed by atoms with van der Waals surface area (Å²) in [6, 6.07) is 21.1. The van der Waals surface area contributed by atoms with Gasteiger partial charge in [-0.05, 0) is 62.2 Å². The number of carbonyl (C=O) groups excluding carboxylic acids is 1. The molecule has 1 aromatic heterocycles. The van der Waals surface area contributed by atoms with Gasteiger partial charge >= 0.3 is 0 Å². The van der Waals surface area contributed by atoms with Crippen LogP contribution < -0.4 is 4.72 Å². The molecule has 164 valence electrons. The van der Waals surface area contributed by atoms with Crippen LogP contribution in [0, 0.1) is 6.92 Å². The zero-order chi connectivity index (χ0) is 22.3. The van der Waals surface area contributed by atoms with Crippen LogP contribution in [0.25, 0.3) is 0 Å². The fourth-order valence-corrected chi connectivity index (χ4v) is 4.96. The van der Waals surface area contributed by atoms with E-state index in [0.29, 0.717) is 25.9 Å². The van der Waals surface area contributed by atoms with Crippen molar-refractivity contribution < 1.29 is 13.2 Å². The van der Waals surface area contributed by atoms with Crippen molar-refractivity contribution in [3.05, 3.63) is 87.6 Å². The summed E-state index contributed by atoms with van der Waals surface area (Å²) >= 11 is 1.72. The first-order chi connectivity index (χ1) is 14.9. The van der Waals surface area contributed by atoms with Crippen LogP contribution in [0.1, 0.15) is 27.3 Å². The lowest BCUT2D eigenvalue weighted by Gasteiger charge is -2.22. The number of nitrogens with one attached hydrogen (secondary N) is 1. The smallest absolute Gasteiger partial charge is 0.240 e. The average Bonchev–Trinajstić information content (AvgIpc) is 3.20. The fraction of sp³-hybridized carbons (Fsp3) is 0.292. The number of hydrogen-bond acceptors (Lipinski definition) is 4. The molecule has 1 N–H and O–H groups in total. The molecule has 0 spiro atoms. The van der Waals surface area contributed by atoms with Gasteiger partial charge < -0.3 is 4.90 Å². The second-order valence-corrected chi connectivity index (χ2v) is 10.7. The molecule has 5 nitrogen and oxygen atoms in total. The van der Waals surface area contributed by atoms with E-state index in [0.717, 1.165) is 12.0 Å². The minimum Gasteiger partial charge on any atom is -0.337 e. The predicted octanol–water partition coefficient (Wildman–Crippen LogP) is 4.17. The molecular weight excluding hydrogens is 428 g/mol. The van der Waals surface area contributed by atoms with Gasteiger partial charge in [0, 0.05) is 22.7 Å². The van der Waals surface area contributed by atoms with Gasteiger partial charge in [-0.2, -0.15) is 0 Å². The summed E-state index contributed by atoms with van der Waals surface area (Å²) in [5.74, 6) is 0.105. The Morgan fingerprint density at radius 3 is 2.23 bits per heavy atom. The molecule has 2 aromatic carbocycles. The maximum atomic E-state index is 13.0. The van der Waals surface area contributed by atoms with Crippen molar-refractivity contribution in [2.75, 3.05) is 13.6 Å². The molecule has 0 aliphatic heterocycles. The van der Waals surface area contributed by atoms with Gasteiger partial charge in [0.05, 0.1) is 11.4 Å². The number of rotatable bonds is 10. The maximum Gasteiger partial charge on any atom is 0.240 e. The Hall–Kier alpha value is -2.48. The van der Waals surface area contributed by atoms with Gasteiger partial charge in [0.2, 0.25) is 15.9 Å². The van der Waals surface area contributed by atoms with E-state index in [1.54, 1.807) is 35.6 Å². The minimum absolute atomic E-state index is 0.105. The predicted molar refractivity (Wildman–Crippen MR) is 126 cm³/mol. The number of thiophene rings is 1. The maximum absolute atomic E-state index is 13.0. The van der Waals surface area contributed by atoms with E-state index < -0.39 is 10.0 Å². The first-order valence-electron chi connectivity index (χ1n) is 10.3.